The zero-order valence-electron chi connectivity index (χ0n) is 37.3. The Balaban J connectivity index is 1.29. The summed E-state index contributed by atoms with van der Waals surface area (Å²) in [5, 5.41) is 3.63. The van der Waals surface area contributed by atoms with Crippen LogP contribution >= 0.6 is 11.3 Å². The van der Waals surface area contributed by atoms with Gasteiger partial charge in [0.25, 0.3) is 6.71 Å². The van der Waals surface area contributed by atoms with Crippen molar-refractivity contribution in [1.29, 1.82) is 0 Å². The molecule has 3 heterocycles. The Morgan fingerprint density at radius 1 is 0.443 bits per heavy atom. The number of anilines is 6. The van der Waals surface area contributed by atoms with Gasteiger partial charge in [0.15, 0.2) is 0 Å². The van der Waals surface area contributed by atoms with Gasteiger partial charge in [-0.15, -0.1) is 11.3 Å². The van der Waals surface area contributed by atoms with Crippen LogP contribution in [-0.4, -0.2) is 6.71 Å². The fourth-order valence-electron chi connectivity index (χ4n) is 9.67. The lowest BCUT2D eigenvalue weighted by Gasteiger charge is -2.45. The first-order valence-corrected chi connectivity index (χ1v) is 22.7. The molecule has 0 radical (unpaired) electrons. The van der Waals surface area contributed by atoms with Crippen molar-refractivity contribution in [2.75, 3.05) is 9.80 Å². The third kappa shape index (κ3) is 6.62. The molecule has 0 aliphatic carbocycles. The monoisotopic (exact) mass is 810 g/mol. The lowest BCUT2D eigenvalue weighted by atomic mass is 9.33. The zero-order chi connectivity index (χ0) is 42.6. The van der Waals surface area contributed by atoms with Gasteiger partial charge in [-0.25, -0.2) is 0 Å². The van der Waals surface area contributed by atoms with Gasteiger partial charge >= 0.3 is 0 Å². The summed E-state index contributed by atoms with van der Waals surface area (Å²) in [7, 11) is 0. The maximum absolute atomic E-state index is 2.60. The predicted molar refractivity (Wildman–Crippen MR) is 268 cm³/mol. The van der Waals surface area contributed by atoms with Gasteiger partial charge < -0.3 is 9.80 Å². The molecule has 302 valence electrons. The van der Waals surface area contributed by atoms with E-state index in [4.69, 9.17) is 0 Å². The molecule has 0 bridgehead atoms. The van der Waals surface area contributed by atoms with Gasteiger partial charge in [-0.1, -0.05) is 153 Å². The molecule has 0 saturated carbocycles. The molecule has 10 rings (SSSR count). The molecule has 2 aliphatic heterocycles. The van der Waals surface area contributed by atoms with Crippen molar-refractivity contribution in [3.63, 3.8) is 0 Å². The molecule has 8 aromatic rings. The second-order valence-electron chi connectivity index (χ2n) is 20.4. The van der Waals surface area contributed by atoms with E-state index in [1.807, 2.05) is 11.3 Å². The summed E-state index contributed by atoms with van der Waals surface area (Å²) in [5.41, 5.74) is 21.6. The first-order valence-electron chi connectivity index (χ1n) is 21.9. The second-order valence-corrected chi connectivity index (χ2v) is 21.3. The van der Waals surface area contributed by atoms with Crippen LogP contribution in [0.3, 0.4) is 0 Å². The lowest BCUT2D eigenvalue weighted by molar-refractivity contribution is 0.590. The first-order chi connectivity index (χ1) is 29.1. The molecule has 2 nitrogen and oxygen atoms in total. The van der Waals surface area contributed by atoms with Crippen molar-refractivity contribution in [3.05, 3.63) is 173 Å². The Morgan fingerprint density at radius 2 is 0.984 bits per heavy atom. The highest BCUT2D eigenvalue weighted by molar-refractivity contribution is 7.17. The number of hydrogen-bond acceptors (Lipinski definition) is 3. The summed E-state index contributed by atoms with van der Waals surface area (Å²) in [4.78, 5) is 5.15. The number of benzene rings is 7. The highest BCUT2D eigenvalue weighted by Gasteiger charge is 2.44. The summed E-state index contributed by atoms with van der Waals surface area (Å²) in [5.74, 6) is 0. The number of hydrogen-bond donors (Lipinski definition) is 0. The third-order valence-corrected chi connectivity index (χ3v) is 14.0. The van der Waals surface area contributed by atoms with Crippen LogP contribution in [0, 0.1) is 6.92 Å². The van der Waals surface area contributed by atoms with Crippen molar-refractivity contribution in [2.45, 2.75) is 85.5 Å². The molecule has 2 aliphatic rings. The summed E-state index contributed by atoms with van der Waals surface area (Å²) in [6.45, 7) is 23.2. The Kier molecular flexibility index (Phi) is 9.09. The van der Waals surface area contributed by atoms with Gasteiger partial charge in [0.2, 0.25) is 0 Å². The summed E-state index contributed by atoms with van der Waals surface area (Å²) in [6, 6.07) is 55.8. The molecular formula is C57H55BN2S. The summed E-state index contributed by atoms with van der Waals surface area (Å²) < 4.78 is 1.31. The third-order valence-electron chi connectivity index (χ3n) is 13.0. The van der Waals surface area contributed by atoms with Gasteiger partial charge in [0.1, 0.15) is 0 Å². The van der Waals surface area contributed by atoms with Crippen molar-refractivity contribution >= 4 is 78.6 Å². The molecule has 0 N–H and O–H groups in total. The molecule has 0 amide bonds. The molecule has 0 spiro atoms. The molecule has 7 aromatic carbocycles. The van der Waals surface area contributed by atoms with Crippen LogP contribution in [0.25, 0.3) is 32.3 Å². The fraction of sp³-hybridized carbons (Fsp3) is 0.228. The average molecular weight is 811 g/mol. The van der Waals surface area contributed by atoms with Crippen molar-refractivity contribution in [2.24, 2.45) is 0 Å². The first kappa shape index (κ1) is 39.3. The molecule has 0 atom stereocenters. The second kappa shape index (κ2) is 14.1. The maximum Gasteiger partial charge on any atom is 0.252 e. The van der Waals surface area contributed by atoms with E-state index in [0.717, 1.165) is 0 Å². The lowest BCUT2D eigenvalue weighted by Crippen LogP contribution is -2.61. The quantitative estimate of drug-likeness (QED) is 0.163. The van der Waals surface area contributed by atoms with Crippen molar-refractivity contribution in [1.82, 2.24) is 0 Å². The Morgan fingerprint density at radius 3 is 1.61 bits per heavy atom. The van der Waals surface area contributed by atoms with Crippen molar-refractivity contribution < 1.29 is 0 Å². The normalized spacial score (nSPS) is 13.6. The van der Waals surface area contributed by atoms with E-state index < -0.39 is 0 Å². The summed E-state index contributed by atoms with van der Waals surface area (Å²) in [6.07, 6.45) is 0. The number of aryl methyl sites for hydroxylation is 1. The van der Waals surface area contributed by atoms with Crippen LogP contribution in [0.1, 0.15) is 84.6 Å². The molecule has 1 aromatic heterocycles. The highest BCUT2D eigenvalue weighted by atomic mass is 32.1. The van der Waals surface area contributed by atoms with E-state index in [0.29, 0.717) is 0 Å². The minimum Gasteiger partial charge on any atom is -0.311 e. The van der Waals surface area contributed by atoms with Crippen LogP contribution in [0.2, 0.25) is 0 Å². The number of rotatable bonds is 4. The van der Waals surface area contributed by atoms with Gasteiger partial charge in [-0.2, -0.15) is 0 Å². The molecule has 61 heavy (non-hydrogen) atoms. The van der Waals surface area contributed by atoms with E-state index in [9.17, 15) is 0 Å². The summed E-state index contributed by atoms with van der Waals surface area (Å²) >= 11 is 1.82. The van der Waals surface area contributed by atoms with Gasteiger partial charge in [0.05, 0.1) is 5.69 Å². The Hall–Kier alpha value is -5.84. The Labute approximate surface area is 367 Å². The topological polar surface area (TPSA) is 6.48 Å². The smallest absolute Gasteiger partial charge is 0.252 e. The van der Waals surface area contributed by atoms with E-state index in [1.54, 1.807) is 0 Å². The van der Waals surface area contributed by atoms with Crippen molar-refractivity contribution in [3.8, 4) is 22.3 Å². The number of nitrogens with zero attached hydrogens (tertiary/aromatic N) is 2. The van der Waals surface area contributed by atoms with Crippen LogP contribution < -0.4 is 26.2 Å². The Bertz CT molecular complexity index is 2990. The highest BCUT2D eigenvalue weighted by Crippen LogP contribution is 2.49. The molecule has 0 unspecified atom stereocenters. The van der Waals surface area contributed by atoms with Gasteiger partial charge in [0, 0.05) is 49.6 Å². The van der Waals surface area contributed by atoms with E-state index in [2.05, 4.69) is 230 Å². The average Bonchev–Trinajstić information content (AvgIpc) is 3.67. The predicted octanol–water partition coefficient (Wildman–Crippen LogP) is 14.5. The minimum atomic E-state index is -0.0258. The van der Waals surface area contributed by atoms with Crippen LogP contribution in [0.15, 0.2) is 151 Å². The molecule has 4 heteroatoms. The number of thiophene rings is 1. The SMILES string of the molecule is Cc1cc2c3c(c1)N(c1ccc(-c4csc5ccccc45)cc1-c1ccccc1)c1ccc(C(C)(C)C)cc1B3c1cc(C(C)(C)C)ccc1N2c1ccc(C(C)(C)C)cc1. The van der Waals surface area contributed by atoms with Gasteiger partial charge in [-0.05, 0) is 133 Å². The van der Waals surface area contributed by atoms with Crippen LogP contribution in [0.5, 0.6) is 0 Å². The largest absolute Gasteiger partial charge is 0.311 e. The van der Waals surface area contributed by atoms with Gasteiger partial charge in [-0.3, -0.25) is 0 Å². The molecule has 0 fully saturated rings. The molecular weight excluding hydrogens is 756 g/mol. The maximum atomic E-state index is 2.60. The molecule has 0 saturated heterocycles. The zero-order valence-corrected chi connectivity index (χ0v) is 38.1. The van der Waals surface area contributed by atoms with E-state index >= 15 is 0 Å². The van der Waals surface area contributed by atoms with E-state index in [1.165, 1.54) is 105 Å². The number of fused-ring (bicyclic) bond motifs is 5. The minimum absolute atomic E-state index is 0.0124. The van der Waals surface area contributed by atoms with Crippen LogP contribution in [0.4, 0.5) is 34.1 Å². The van der Waals surface area contributed by atoms with Crippen LogP contribution in [-0.2, 0) is 16.2 Å². The fourth-order valence-corrected chi connectivity index (χ4v) is 10.6. The van der Waals surface area contributed by atoms with E-state index in [-0.39, 0.29) is 23.0 Å². The standard InChI is InChI=1S/C57H55BN2S/c1-36-30-51-54-52(31-36)60(48-27-20-38(32-44(48)37-16-12-11-13-17-37)45-35-61-53-19-15-14-18-43(45)53)50-29-24-41(57(8,9)10)34-47(50)58(54)46-33-40(56(5,6)7)23-28-49(46)59(51)42-25-21-39(22-26-42)55(2,3)4/h11-35H,1-10H3.